The fourth-order valence-corrected chi connectivity index (χ4v) is 3.97. The van der Waals surface area contributed by atoms with Crippen molar-refractivity contribution in [1.29, 1.82) is 0 Å². The minimum atomic E-state index is -0.00881. The van der Waals surface area contributed by atoms with Crippen LogP contribution in [-0.2, 0) is 11.2 Å². The number of carbonyl (C=O) groups is 1. The van der Waals surface area contributed by atoms with Crippen LogP contribution in [0.1, 0.15) is 5.56 Å². The van der Waals surface area contributed by atoms with Crippen LogP contribution in [0.4, 0.5) is 10.8 Å². The van der Waals surface area contributed by atoms with Gasteiger partial charge in [0.2, 0.25) is 11.0 Å². The smallest absolute Gasteiger partial charge is 0.230 e. The van der Waals surface area contributed by atoms with Gasteiger partial charge in [-0.1, -0.05) is 71.1 Å². The summed E-state index contributed by atoms with van der Waals surface area (Å²) < 4.78 is 0.743. The minimum absolute atomic E-state index is 0.00881. The average molecular weight is 405 g/mol. The predicted molar refractivity (Wildman–Crippen MR) is 109 cm³/mol. The molecule has 0 bridgehead atoms. The van der Waals surface area contributed by atoms with Gasteiger partial charge in [0.25, 0.3) is 0 Å². The van der Waals surface area contributed by atoms with Crippen LogP contribution in [0.5, 0.6) is 0 Å². The quantitative estimate of drug-likeness (QED) is 0.545. The average Bonchev–Trinajstić information content (AvgIpc) is 3.08. The lowest BCUT2D eigenvalue weighted by molar-refractivity contribution is -0.118. The van der Waals surface area contributed by atoms with Crippen molar-refractivity contribution in [2.24, 2.45) is 0 Å². The van der Waals surface area contributed by atoms with Gasteiger partial charge >= 0.3 is 0 Å². The molecule has 1 heterocycles. The molecule has 1 aromatic heterocycles. The van der Waals surface area contributed by atoms with Gasteiger partial charge in [0.15, 0.2) is 4.34 Å². The van der Waals surface area contributed by atoms with Crippen molar-refractivity contribution in [3.63, 3.8) is 0 Å². The highest BCUT2D eigenvalue weighted by Crippen LogP contribution is 2.28. The van der Waals surface area contributed by atoms with E-state index < -0.39 is 0 Å². The van der Waals surface area contributed by atoms with Crippen LogP contribution < -0.4 is 10.6 Å². The van der Waals surface area contributed by atoms with Crippen LogP contribution in [0.25, 0.3) is 0 Å². The van der Waals surface area contributed by atoms with Gasteiger partial charge in [0.1, 0.15) is 0 Å². The molecule has 5 nitrogen and oxygen atoms in total. The van der Waals surface area contributed by atoms with E-state index in [4.69, 9.17) is 11.6 Å². The molecular formula is C18H17ClN4OS2. The van der Waals surface area contributed by atoms with Crippen molar-refractivity contribution in [1.82, 2.24) is 15.5 Å². The second kappa shape index (κ2) is 9.56. The monoisotopic (exact) mass is 404 g/mol. The third-order valence-electron chi connectivity index (χ3n) is 3.39. The molecule has 0 spiro atoms. The van der Waals surface area contributed by atoms with Crippen molar-refractivity contribution in [2.45, 2.75) is 10.8 Å². The molecule has 26 heavy (non-hydrogen) atoms. The number of nitrogens with one attached hydrogen (secondary N) is 2. The Balaban J connectivity index is 1.40. The van der Waals surface area contributed by atoms with Gasteiger partial charge in [-0.25, -0.2) is 0 Å². The maximum atomic E-state index is 11.9. The molecule has 0 aliphatic rings. The standard InChI is InChI=1S/C18H17ClN4OS2/c19-14-7-4-8-15(11-14)21-17-22-23-18(26-17)25-12-16(24)20-10-9-13-5-2-1-3-6-13/h1-8,11H,9-10,12H2,(H,20,24)(H,21,22). The van der Waals surface area contributed by atoms with E-state index >= 15 is 0 Å². The molecule has 0 aliphatic heterocycles. The summed E-state index contributed by atoms with van der Waals surface area (Å²) in [6.45, 7) is 0.626. The fraction of sp³-hybridized carbons (Fsp3) is 0.167. The van der Waals surface area contributed by atoms with Crippen LogP contribution in [-0.4, -0.2) is 28.4 Å². The molecule has 3 aromatic rings. The van der Waals surface area contributed by atoms with E-state index in [1.807, 2.05) is 42.5 Å². The molecule has 3 rings (SSSR count). The summed E-state index contributed by atoms with van der Waals surface area (Å²) in [6, 6.07) is 17.5. The fourth-order valence-electron chi connectivity index (χ4n) is 2.18. The summed E-state index contributed by atoms with van der Waals surface area (Å²) in [5.74, 6) is 0.311. The van der Waals surface area contributed by atoms with Crippen molar-refractivity contribution >= 4 is 51.4 Å². The number of anilines is 2. The molecule has 2 aromatic carbocycles. The highest BCUT2D eigenvalue weighted by molar-refractivity contribution is 8.01. The maximum Gasteiger partial charge on any atom is 0.230 e. The summed E-state index contributed by atoms with van der Waals surface area (Å²) >= 11 is 8.74. The topological polar surface area (TPSA) is 66.9 Å². The van der Waals surface area contributed by atoms with E-state index in [1.54, 1.807) is 0 Å². The highest BCUT2D eigenvalue weighted by Gasteiger charge is 2.08. The Morgan fingerprint density at radius 3 is 2.77 bits per heavy atom. The molecule has 0 radical (unpaired) electrons. The van der Waals surface area contributed by atoms with Gasteiger partial charge in [-0.05, 0) is 30.2 Å². The van der Waals surface area contributed by atoms with E-state index in [1.165, 1.54) is 28.7 Å². The lowest BCUT2D eigenvalue weighted by Crippen LogP contribution is -2.27. The van der Waals surface area contributed by atoms with Crippen molar-refractivity contribution in [3.05, 3.63) is 65.2 Å². The second-order valence-electron chi connectivity index (χ2n) is 5.38. The van der Waals surface area contributed by atoms with Gasteiger partial charge in [0, 0.05) is 17.3 Å². The summed E-state index contributed by atoms with van der Waals surface area (Å²) in [7, 11) is 0. The Hall–Kier alpha value is -2.09. The first kappa shape index (κ1) is 18.7. The van der Waals surface area contributed by atoms with Gasteiger partial charge in [0.05, 0.1) is 5.75 Å². The van der Waals surface area contributed by atoms with Crippen LogP contribution >= 0.6 is 34.7 Å². The first-order valence-electron chi connectivity index (χ1n) is 7.98. The van der Waals surface area contributed by atoms with Gasteiger partial charge < -0.3 is 10.6 Å². The third kappa shape index (κ3) is 6.01. The molecule has 8 heteroatoms. The minimum Gasteiger partial charge on any atom is -0.355 e. The maximum absolute atomic E-state index is 11.9. The molecule has 1 amide bonds. The van der Waals surface area contributed by atoms with E-state index in [2.05, 4.69) is 33.0 Å². The molecule has 0 saturated heterocycles. The van der Waals surface area contributed by atoms with Crippen LogP contribution in [0.3, 0.4) is 0 Å². The summed E-state index contributed by atoms with van der Waals surface area (Å²) in [4.78, 5) is 11.9. The zero-order valence-electron chi connectivity index (χ0n) is 13.8. The van der Waals surface area contributed by atoms with E-state index in [-0.39, 0.29) is 5.91 Å². The molecule has 134 valence electrons. The van der Waals surface area contributed by atoms with Gasteiger partial charge in [-0.2, -0.15) is 0 Å². The molecule has 0 saturated carbocycles. The normalized spacial score (nSPS) is 10.5. The van der Waals surface area contributed by atoms with E-state index in [9.17, 15) is 4.79 Å². The number of amides is 1. The summed E-state index contributed by atoms with van der Waals surface area (Å²) in [5, 5.41) is 15.6. The van der Waals surface area contributed by atoms with E-state index in [0.717, 1.165) is 16.4 Å². The molecule has 2 N–H and O–H groups in total. The second-order valence-corrected chi connectivity index (χ2v) is 8.02. The highest BCUT2D eigenvalue weighted by atomic mass is 35.5. The number of benzene rings is 2. The number of halogens is 1. The van der Waals surface area contributed by atoms with Crippen molar-refractivity contribution in [3.8, 4) is 0 Å². The number of thioether (sulfide) groups is 1. The largest absolute Gasteiger partial charge is 0.355 e. The van der Waals surface area contributed by atoms with Gasteiger partial charge in [-0.3, -0.25) is 4.79 Å². The molecular weight excluding hydrogens is 388 g/mol. The van der Waals surface area contributed by atoms with Crippen molar-refractivity contribution in [2.75, 3.05) is 17.6 Å². The number of hydrogen-bond acceptors (Lipinski definition) is 6. The number of hydrogen-bond donors (Lipinski definition) is 2. The SMILES string of the molecule is O=C(CSc1nnc(Nc2cccc(Cl)c2)s1)NCCc1ccccc1. The predicted octanol–water partition coefficient (Wildman–Crippen LogP) is 4.39. The summed E-state index contributed by atoms with van der Waals surface area (Å²) in [5.41, 5.74) is 2.06. The Bertz CT molecular complexity index is 857. The Kier molecular flexibility index (Phi) is 6.88. The number of carbonyl (C=O) groups excluding carboxylic acids is 1. The number of nitrogens with zero attached hydrogens (tertiary/aromatic N) is 2. The first-order valence-corrected chi connectivity index (χ1v) is 10.2. The van der Waals surface area contributed by atoms with Gasteiger partial charge in [-0.15, -0.1) is 10.2 Å². The Morgan fingerprint density at radius 2 is 1.96 bits per heavy atom. The zero-order valence-corrected chi connectivity index (χ0v) is 16.2. The Labute approximate surface area is 165 Å². The zero-order chi connectivity index (χ0) is 18.2. The number of rotatable bonds is 8. The summed E-state index contributed by atoms with van der Waals surface area (Å²) in [6.07, 6.45) is 0.823. The van der Waals surface area contributed by atoms with Crippen molar-refractivity contribution < 1.29 is 4.79 Å². The van der Waals surface area contributed by atoms with E-state index in [0.29, 0.717) is 22.5 Å². The number of aromatic nitrogens is 2. The molecule has 0 unspecified atom stereocenters. The lowest BCUT2D eigenvalue weighted by Gasteiger charge is -2.04. The molecule has 0 fully saturated rings. The van der Waals surface area contributed by atoms with Crippen LogP contribution in [0.2, 0.25) is 5.02 Å². The lowest BCUT2D eigenvalue weighted by atomic mass is 10.1. The third-order valence-corrected chi connectivity index (χ3v) is 5.59. The molecule has 0 atom stereocenters. The van der Waals surface area contributed by atoms with Crippen LogP contribution in [0.15, 0.2) is 58.9 Å². The Morgan fingerprint density at radius 1 is 1.12 bits per heavy atom. The van der Waals surface area contributed by atoms with Crippen LogP contribution in [0, 0.1) is 0 Å². The molecule has 0 aliphatic carbocycles. The first-order chi connectivity index (χ1) is 12.7.